The van der Waals surface area contributed by atoms with E-state index in [9.17, 15) is 9.59 Å². The summed E-state index contributed by atoms with van der Waals surface area (Å²) < 4.78 is 0. The molecular formula is C13H25N3O2. The van der Waals surface area contributed by atoms with Crippen molar-refractivity contribution in [3.05, 3.63) is 0 Å². The number of hydrogen-bond acceptors (Lipinski definition) is 3. The average molecular weight is 255 g/mol. The molecule has 0 aromatic carbocycles. The summed E-state index contributed by atoms with van der Waals surface area (Å²) in [7, 11) is 1.77. The van der Waals surface area contributed by atoms with Gasteiger partial charge in [0, 0.05) is 26.6 Å². The van der Waals surface area contributed by atoms with Crippen LogP contribution < -0.4 is 5.73 Å². The summed E-state index contributed by atoms with van der Waals surface area (Å²) in [6.07, 6.45) is 1.43. The first kappa shape index (κ1) is 15.0. The third kappa shape index (κ3) is 4.29. The largest absolute Gasteiger partial charge is 0.342 e. The fourth-order valence-electron chi connectivity index (χ4n) is 2.28. The predicted octanol–water partition coefficient (Wildman–Crippen LogP) is 0.298. The molecule has 0 saturated carbocycles. The second kappa shape index (κ2) is 6.73. The summed E-state index contributed by atoms with van der Waals surface area (Å²) in [6, 6.07) is 0. The van der Waals surface area contributed by atoms with Crippen LogP contribution in [0.25, 0.3) is 0 Å². The number of likely N-dealkylation sites (N-methyl/N-ethyl adjacent to an activating group) is 1. The Morgan fingerprint density at radius 2 is 2.06 bits per heavy atom. The molecule has 1 aliphatic rings. The van der Waals surface area contributed by atoms with Crippen molar-refractivity contribution in [1.29, 1.82) is 0 Å². The van der Waals surface area contributed by atoms with Gasteiger partial charge < -0.3 is 15.5 Å². The van der Waals surface area contributed by atoms with Crippen LogP contribution in [-0.2, 0) is 9.59 Å². The van der Waals surface area contributed by atoms with Gasteiger partial charge in [-0.1, -0.05) is 13.8 Å². The highest BCUT2D eigenvalue weighted by molar-refractivity contribution is 5.85. The lowest BCUT2D eigenvalue weighted by molar-refractivity contribution is -0.144. The maximum atomic E-state index is 12.1. The fraction of sp³-hybridized carbons (Fsp3) is 0.846. The Kier molecular flexibility index (Phi) is 5.59. The predicted molar refractivity (Wildman–Crippen MR) is 70.8 cm³/mol. The molecule has 1 saturated heterocycles. The van der Waals surface area contributed by atoms with Crippen LogP contribution in [0.4, 0.5) is 0 Å². The molecule has 18 heavy (non-hydrogen) atoms. The van der Waals surface area contributed by atoms with Crippen molar-refractivity contribution in [2.45, 2.75) is 26.7 Å². The van der Waals surface area contributed by atoms with E-state index >= 15 is 0 Å². The van der Waals surface area contributed by atoms with Crippen LogP contribution in [0, 0.1) is 11.8 Å². The smallest absolute Gasteiger partial charge is 0.241 e. The Morgan fingerprint density at radius 1 is 1.39 bits per heavy atom. The maximum Gasteiger partial charge on any atom is 0.241 e. The van der Waals surface area contributed by atoms with Crippen molar-refractivity contribution in [2.75, 3.05) is 33.2 Å². The van der Waals surface area contributed by atoms with Gasteiger partial charge in [0.15, 0.2) is 0 Å². The quantitative estimate of drug-likeness (QED) is 0.768. The van der Waals surface area contributed by atoms with Gasteiger partial charge in [-0.05, 0) is 24.8 Å². The second-order valence-electron chi connectivity index (χ2n) is 5.57. The number of piperazine rings is 1. The number of carbonyl (C=O) groups excluding carboxylic acids is 2. The Labute approximate surface area is 109 Å². The van der Waals surface area contributed by atoms with Crippen LogP contribution in [0.1, 0.15) is 26.7 Å². The van der Waals surface area contributed by atoms with Crippen LogP contribution in [0.2, 0.25) is 0 Å². The second-order valence-corrected chi connectivity index (χ2v) is 5.57. The number of nitrogens with two attached hydrogens (primary N) is 1. The van der Waals surface area contributed by atoms with Gasteiger partial charge in [-0.2, -0.15) is 0 Å². The minimum Gasteiger partial charge on any atom is -0.342 e. The summed E-state index contributed by atoms with van der Waals surface area (Å²) in [4.78, 5) is 27.0. The Morgan fingerprint density at radius 3 is 2.56 bits per heavy atom. The molecule has 1 rings (SSSR count). The van der Waals surface area contributed by atoms with Crippen LogP contribution in [0.5, 0.6) is 0 Å². The number of amides is 2. The molecule has 1 fully saturated rings. The van der Waals surface area contributed by atoms with Gasteiger partial charge in [0.25, 0.3) is 0 Å². The van der Waals surface area contributed by atoms with E-state index < -0.39 is 0 Å². The lowest BCUT2D eigenvalue weighted by Crippen LogP contribution is -2.51. The Balaban J connectivity index is 2.46. The average Bonchev–Trinajstić information content (AvgIpc) is 2.31. The van der Waals surface area contributed by atoms with Gasteiger partial charge in [-0.15, -0.1) is 0 Å². The van der Waals surface area contributed by atoms with Crippen molar-refractivity contribution >= 4 is 11.8 Å². The molecule has 0 aliphatic carbocycles. The lowest BCUT2D eigenvalue weighted by atomic mass is 9.93. The van der Waals surface area contributed by atoms with E-state index in [2.05, 4.69) is 13.8 Å². The van der Waals surface area contributed by atoms with Crippen molar-refractivity contribution < 1.29 is 9.59 Å². The maximum absolute atomic E-state index is 12.1. The molecule has 1 aliphatic heterocycles. The molecule has 5 heteroatoms. The molecular weight excluding hydrogens is 230 g/mol. The highest BCUT2D eigenvalue weighted by atomic mass is 16.2. The summed E-state index contributed by atoms with van der Waals surface area (Å²) >= 11 is 0. The molecule has 104 valence electrons. The molecule has 5 nitrogen and oxygen atoms in total. The van der Waals surface area contributed by atoms with Crippen LogP contribution in [0.3, 0.4) is 0 Å². The topological polar surface area (TPSA) is 66.6 Å². The van der Waals surface area contributed by atoms with Gasteiger partial charge in [-0.3, -0.25) is 9.59 Å². The highest BCUT2D eigenvalue weighted by Crippen LogP contribution is 2.16. The zero-order valence-electron chi connectivity index (χ0n) is 11.7. The van der Waals surface area contributed by atoms with Crippen molar-refractivity contribution in [1.82, 2.24) is 9.80 Å². The number of hydrogen-bond donors (Lipinski definition) is 1. The van der Waals surface area contributed by atoms with Gasteiger partial charge in [0.05, 0.1) is 6.54 Å². The zero-order chi connectivity index (χ0) is 13.7. The van der Waals surface area contributed by atoms with Gasteiger partial charge in [0.2, 0.25) is 11.8 Å². The molecule has 2 N–H and O–H groups in total. The molecule has 1 heterocycles. The van der Waals surface area contributed by atoms with E-state index in [1.54, 1.807) is 16.8 Å². The zero-order valence-corrected chi connectivity index (χ0v) is 11.7. The molecule has 0 aromatic rings. The van der Waals surface area contributed by atoms with Crippen molar-refractivity contribution in [3.63, 3.8) is 0 Å². The van der Waals surface area contributed by atoms with E-state index in [-0.39, 0.29) is 24.3 Å². The minimum atomic E-state index is 0.0164. The van der Waals surface area contributed by atoms with Gasteiger partial charge in [-0.25, -0.2) is 0 Å². The summed E-state index contributed by atoms with van der Waals surface area (Å²) in [5.41, 5.74) is 5.70. The van der Waals surface area contributed by atoms with Crippen LogP contribution in [0.15, 0.2) is 0 Å². The van der Waals surface area contributed by atoms with Gasteiger partial charge >= 0.3 is 0 Å². The molecule has 1 unspecified atom stereocenters. The number of nitrogens with zero attached hydrogens (tertiary/aromatic N) is 2. The monoisotopic (exact) mass is 255 g/mol. The van der Waals surface area contributed by atoms with Crippen LogP contribution >= 0.6 is 0 Å². The summed E-state index contributed by atoms with van der Waals surface area (Å²) in [6.45, 7) is 6.28. The first-order chi connectivity index (χ1) is 8.43. The normalized spacial score (nSPS) is 18.4. The van der Waals surface area contributed by atoms with E-state index in [0.29, 0.717) is 32.0 Å². The van der Waals surface area contributed by atoms with Crippen molar-refractivity contribution in [3.8, 4) is 0 Å². The lowest BCUT2D eigenvalue weighted by Gasteiger charge is -2.33. The standard InChI is InChI=1S/C13H25N3O2/c1-10(2)6-11(8-14)7-12(17)16-5-4-15(3)13(18)9-16/h10-11H,4-9,14H2,1-3H3. The first-order valence-corrected chi connectivity index (χ1v) is 6.65. The summed E-state index contributed by atoms with van der Waals surface area (Å²) in [5.74, 6) is 0.850. The van der Waals surface area contributed by atoms with Gasteiger partial charge in [0.1, 0.15) is 0 Å². The third-order valence-electron chi connectivity index (χ3n) is 3.41. The first-order valence-electron chi connectivity index (χ1n) is 6.65. The molecule has 1 atom stereocenters. The molecule has 0 radical (unpaired) electrons. The molecule has 0 aromatic heterocycles. The third-order valence-corrected chi connectivity index (χ3v) is 3.41. The molecule has 0 spiro atoms. The summed E-state index contributed by atoms with van der Waals surface area (Å²) in [5, 5.41) is 0. The van der Waals surface area contributed by atoms with Crippen molar-refractivity contribution in [2.24, 2.45) is 17.6 Å². The molecule has 0 bridgehead atoms. The van der Waals surface area contributed by atoms with E-state index in [1.165, 1.54) is 0 Å². The fourth-order valence-corrected chi connectivity index (χ4v) is 2.28. The SMILES string of the molecule is CC(C)CC(CN)CC(=O)N1CCN(C)C(=O)C1. The number of carbonyl (C=O) groups is 2. The minimum absolute atomic E-state index is 0.0164. The highest BCUT2D eigenvalue weighted by Gasteiger charge is 2.26. The van der Waals surface area contributed by atoms with E-state index in [1.807, 2.05) is 0 Å². The van der Waals surface area contributed by atoms with Crippen LogP contribution in [-0.4, -0.2) is 54.8 Å². The number of rotatable bonds is 5. The van der Waals surface area contributed by atoms with E-state index in [4.69, 9.17) is 5.73 Å². The van der Waals surface area contributed by atoms with E-state index in [0.717, 1.165) is 6.42 Å². The molecule has 2 amide bonds. The Hall–Kier alpha value is -1.10. The Bertz CT molecular complexity index is 305.